The van der Waals surface area contributed by atoms with Gasteiger partial charge in [0.25, 0.3) is 0 Å². The molecular weight excluding hydrogens is 418 g/mol. The van der Waals surface area contributed by atoms with Crippen LogP contribution in [0.5, 0.6) is 0 Å². The Hall–Kier alpha value is -1.94. The zero-order chi connectivity index (χ0) is 23.8. The van der Waals surface area contributed by atoms with Gasteiger partial charge < -0.3 is 0 Å². The number of rotatable bonds is 5. The first-order valence-electron chi connectivity index (χ1n) is 11.7. The Morgan fingerprint density at radius 2 is 1.79 bits per heavy atom. The third kappa shape index (κ3) is 4.48. The van der Waals surface area contributed by atoms with Crippen LogP contribution < -0.4 is 13.4 Å². The van der Waals surface area contributed by atoms with Gasteiger partial charge in [0.05, 0.1) is 0 Å². The van der Waals surface area contributed by atoms with Crippen molar-refractivity contribution in [1.29, 1.82) is 0 Å². The number of benzene rings is 2. The molecule has 1 heterocycles. The quantitative estimate of drug-likeness (QED) is 0.380. The second kappa shape index (κ2) is 8.43. The predicted octanol–water partition coefficient (Wildman–Crippen LogP) is 4.96. The van der Waals surface area contributed by atoms with Gasteiger partial charge in [-0.1, -0.05) is 0 Å². The summed E-state index contributed by atoms with van der Waals surface area (Å²) in [5.74, 6) is 4.79. The minimum absolute atomic E-state index is 0.0399. The van der Waals surface area contributed by atoms with E-state index in [2.05, 4.69) is 68.0 Å². The van der Waals surface area contributed by atoms with Crippen LogP contribution in [0.25, 0.3) is 11.3 Å². The second-order valence-electron chi connectivity index (χ2n) is 8.95. The molecule has 0 saturated heterocycles. The molecular formula is C26H33FGeN+. The topological polar surface area (TPSA) is 3.88 Å². The SMILES string of the molecule is [2H]C([2H])([2H])c1cc(C)c(-c2cc(CC(C)C)[c]([Ge]([CH3])([CH3])[c]3ccccc3)c[n+]2C)c(F)c1. The van der Waals surface area contributed by atoms with Crippen LogP contribution in [-0.4, -0.2) is 13.3 Å². The molecule has 1 nitrogen and oxygen atoms in total. The maximum atomic E-state index is 15.2. The number of hydrogen-bond donors (Lipinski definition) is 0. The van der Waals surface area contributed by atoms with E-state index in [-0.39, 0.29) is 5.56 Å². The van der Waals surface area contributed by atoms with Gasteiger partial charge in [-0.05, 0) is 0 Å². The van der Waals surface area contributed by atoms with Crippen LogP contribution in [0, 0.1) is 25.5 Å². The van der Waals surface area contributed by atoms with Gasteiger partial charge in [0.15, 0.2) is 0 Å². The monoisotopic (exact) mass is 455 g/mol. The number of aryl methyl sites for hydroxylation is 3. The van der Waals surface area contributed by atoms with Crippen molar-refractivity contribution in [3.63, 3.8) is 0 Å². The number of aromatic nitrogens is 1. The Morgan fingerprint density at radius 1 is 1.10 bits per heavy atom. The van der Waals surface area contributed by atoms with E-state index in [9.17, 15) is 0 Å². The molecule has 152 valence electrons. The Balaban J connectivity index is 2.23. The van der Waals surface area contributed by atoms with Crippen molar-refractivity contribution in [3.8, 4) is 11.3 Å². The van der Waals surface area contributed by atoms with Crippen LogP contribution in [0.15, 0.2) is 54.7 Å². The number of hydrogen-bond acceptors (Lipinski definition) is 0. The van der Waals surface area contributed by atoms with Crippen molar-refractivity contribution in [1.82, 2.24) is 0 Å². The van der Waals surface area contributed by atoms with E-state index >= 15 is 4.39 Å². The minimum atomic E-state index is -2.58. The van der Waals surface area contributed by atoms with E-state index in [0.717, 1.165) is 18.2 Å². The fourth-order valence-corrected chi connectivity index (χ4v) is 10.1. The van der Waals surface area contributed by atoms with Crippen LogP contribution in [0.2, 0.25) is 11.5 Å². The molecule has 0 radical (unpaired) electrons. The van der Waals surface area contributed by atoms with Crippen molar-refractivity contribution in [2.24, 2.45) is 13.0 Å². The summed E-state index contributed by atoms with van der Waals surface area (Å²) in [7, 11) is 1.96. The average Bonchev–Trinajstić information content (AvgIpc) is 2.69. The zero-order valence-corrected chi connectivity index (χ0v) is 20.4. The molecule has 0 saturated carbocycles. The Kier molecular flexibility index (Phi) is 5.20. The van der Waals surface area contributed by atoms with Crippen LogP contribution in [0.3, 0.4) is 0 Å². The second-order valence-corrected chi connectivity index (χ2v) is 18.1. The fraction of sp³-hybridized carbons (Fsp3) is 0.346. The maximum absolute atomic E-state index is 15.2. The molecule has 3 aromatic rings. The van der Waals surface area contributed by atoms with E-state index in [4.69, 9.17) is 4.11 Å². The van der Waals surface area contributed by atoms with Gasteiger partial charge in [-0.2, -0.15) is 0 Å². The third-order valence-corrected chi connectivity index (χ3v) is 13.2. The molecule has 0 amide bonds. The molecule has 0 atom stereocenters. The summed E-state index contributed by atoms with van der Waals surface area (Å²) in [6, 6.07) is 15.6. The molecule has 29 heavy (non-hydrogen) atoms. The summed E-state index contributed by atoms with van der Waals surface area (Å²) in [5.41, 5.74) is 3.20. The van der Waals surface area contributed by atoms with E-state index in [1.807, 2.05) is 11.6 Å². The molecule has 0 N–H and O–H groups in total. The molecule has 2 aromatic carbocycles. The van der Waals surface area contributed by atoms with Crippen LogP contribution >= 0.6 is 0 Å². The van der Waals surface area contributed by atoms with Crippen molar-refractivity contribution >= 4 is 22.1 Å². The molecule has 0 bridgehead atoms. The summed E-state index contributed by atoms with van der Waals surface area (Å²) >= 11 is -2.58. The Morgan fingerprint density at radius 3 is 2.38 bits per heavy atom. The van der Waals surface area contributed by atoms with E-state index in [1.165, 1.54) is 14.4 Å². The van der Waals surface area contributed by atoms with Crippen molar-refractivity contribution in [2.75, 3.05) is 0 Å². The first kappa shape index (κ1) is 17.9. The predicted molar refractivity (Wildman–Crippen MR) is 124 cm³/mol. The molecule has 0 spiro atoms. The standard InChI is InChI=1S/C26H33FGeN/c1-18(2)13-21-16-25(26-20(4)14-19(3)15-23(26)27)29(7)17-24(21)28(5,6)22-11-9-8-10-12-22/h8-12,14-18H,13H2,1-7H3/q+1/i3D3. The summed E-state index contributed by atoms with van der Waals surface area (Å²) in [6.07, 6.45) is 3.11. The van der Waals surface area contributed by atoms with Gasteiger partial charge in [0.2, 0.25) is 0 Å². The average molecular weight is 454 g/mol. The van der Waals surface area contributed by atoms with Crippen LogP contribution in [0.1, 0.15) is 34.7 Å². The van der Waals surface area contributed by atoms with E-state index in [1.54, 1.807) is 13.0 Å². The molecule has 0 unspecified atom stereocenters. The first-order valence-corrected chi connectivity index (χ1v) is 16.5. The van der Waals surface area contributed by atoms with Gasteiger partial charge in [-0.3, -0.25) is 0 Å². The van der Waals surface area contributed by atoms with Gasteiger partial charge in [-0.15, -0.1) is 0 Å². The van der Waals surface area contributed by atoms with Gasteiger partial charge in [0.1, 0.15) is 0 Å². The summed E-state index contributed by atoms with van der Waals surface area (Å²) in [4.78, 5) is 0. The van der Waals surface area contributed by atoms with Gasteiger partial charge in [-0.25, -0.2) is 0 Å². The van der Waals surface area contributed by atoms with Crippen LogP contribution in [0.4, 0.5) is 4.39 Å². The molecule has 0 aliphatic carbocycles. The van der Waals surface area contributed by atoms with E-state index < -0.39 is 25.9 Å². The molecule has 0 fully saturated rings. The molecule has 0 aliphatic rings. The molecule has 0 aliphatic heterocycles. The van der Waals surface area contributed by atoms with Crippen LogP contribution in [-0.2, 0) is 13.5 Å². The molecule has 3 rings (SSSR count). The van der Waals surface area contributed by atoms with Gasteiger partial charge >= 0.3 is 182 Å². The van der Waals surface area contributed by atoms with Crippen molar-refractivity contribution in [3.05, 3.63) is 77.2 Å². The number of pyridine rings is 1. The molecule has 1 aromatic heterocycles. The normalized spacial score (nSPS) is 13.9. The van der Waals surface area contributed by atoms with Crippen molar-refractivity contribution in [2.45, 2.75) is 45.6 Å². The molecule has 3 heteroatoms. The van der Waals surface area contributed by atoms with E-state index in [0.29, 0.717) is 17.0 Å². The Bertz CT molecular complexity index is 1100. The third-order valence-electron chi connectivity index (χ3n) is 5.70. The van der Waals surface area contributed by atoms with Crippen molar-refractivity contribution < 1.29 is 13.1 Å². The number of halogens is 1. The summed E-state index contributed by atoms with van der Waals surface area (Å²) in [5, 5.41) is 0. The summed E-state index contributed by atoms with van der Waals surface area (Å²) < 4.78 is 43.0. The summed E-state index contributed by atoms with van der Waals surface area (Å²) in [6.45, 7) is 3.87. The number of nitrogens with zero attached hydrogens (tertiary/aromatic N) is 1. The zero-order valence-electron chi connectivity index (χ0n) is 21.3. The fourth-order valence-electron chi connectivity index (χ4n) is 4.19. The van der Waals surface area contributed by atoms with Gasteiger partial charge in [0, 0.05) is 0 Å². The Labute approximate surface area is 182 Å². The first-order chi connectivity index (χ1) is 14.8.